The van der Waals surface area contributed by atoms with E-state index in [1.807, 2.05) is 26.8 Å². The van der Waals surface area contributed by atoms with Gasteiger partial charge in [-0.05, 0) is 32.8 Å². The lowest BCUT2D eigenvalue weighted by Gasteiger charge is -2.26. The molecule has 0 bridgehead atoms. The van der Waals surface area contributed by atoms with Crippen molar-refractivity contribution in [2.45, 2.75) is 44.6 Å². The van der Waals surface area contributed by atoms with Gasteiger partial charge < -0.3 is 9.64 Å². The Labute approximate surface area is 131 Å². The SMILES string of the molecule is CC(C)(C)OC(=O)N1CCC2=CC(C#N)C(S)N=C2CC1. The fraction of sp³-hybridized carbons (Fsp3) is 0.667. The van der Waals surface area contributed by atoms with E-state index in [-0.39, 0.29) is 17.4 Å². The number of ether oxygens (including phenoxy) is 1. The van der Waals surface area contributed by atoms with Crippen LogP contribution in [0.5, 0.6) is 0 Å². The summed E-state index contributed by atoms with van der Waals surface area (Å²) in [6.07, 6.45) is 3.04. The molecule has 0 aromatic rings. The third-order valence-electron chi connectivity index (χ3n) is 3.43. The Morgan fingerprint density at radius 1 is 1.48 bits per heavy atom. The fourth-order valence-corrected chi connectivity index (χ4v) is 2.69. The summed E-state index contributed by atoms with van der Waals surface area (Å²) in [5.41, 5.74) is 1.54. The Hall–Kier alpha value is -1.48. The Morgan fingerprint density at radius 2 is 2.14 bits per heavy atom. The monoisotopic (exact) mass is 307 g/mol. The van der Waals surface area contributed by atoms with Crippen LogP contribution < -0.4 is 0 Å². The number of hydrogen-bond donors (Lipinski definition) is 1. The normalized spacial score (nSPS) is 26.0. The van der Waals surface area contributed by atoms with E-state index in [1.54, 1.807) is 4.90 Å². The van der Waals surface area contributed by atoms with Crippen LogP contribution in [0.1, 0.15) is 33.6 Å². The van der Waals surface area contributed by atoms with Crippen LogP contribution in [-0.4, -0.2) is 40.8 Å². The van der Waals surface area contributed by atoms with E-state index in [2.05, 4.69) is 23.7 Å². The first-order valence-electron chi connectivity index (χ1n) is 7.13. The summed E-state index contributed by atoms with van der Waals surface area (Å²) in [6, 6.07) is 2.21. The molecular weight excluding hydrogens is 286 g/mol. The van der Waals surface area contributed by atoms with Gasteiger partial charge in [-0.1, -0.05) is 6.08 Å². The largest absolute Gasteiger partial charge is 0.444 e. The second kappa shape index (κ2) is 6.10. The fourth-order valence-electron chi connectivity index (χ4n) is 2.40. The smallest absolute Gasteiger partial charge is 0.410 e. The summed E-state index contributed by atoms with van der Waals surface area (Å²) in [7, 11) is 0. The Balaban J connectivity index is 2.08. The molecule has 1 saturated heterocycles. The van der Waals surface area contributed by atoms with Crippen molar-refractivity contribution in [1.29, 1.82) is 5.26 Å². The van der Waals surface area contributed by atoms with E-state index in [4.69, 9.17) is 10.00 Å². The van der Waals surface area contributed by atoms with Gasteiger partial charge in [0.1, 0.15) is 11.0 Å². The van der Waals surface area contributed by atoms with E-state index in [0.29, 0.717) is 25.9 Å². The number of likely N-dealkylation sites (tertiary alicyclic amines) is 1. The minimum Gasteiger partial charge on any atom is -0.444 e. The molecule has 2 aliphatic heterocycles. The third-order valence-corrected chi connectivity index (χ3v) is 3.87. The summed E-state index contributed by atoms with van der Waals surface area (Å²) < 4.78 is 5.41. The molecule has 0 N–H and O–H groups in total. The summed E-state index contributed by atoms with van der Waals surface area (Å²) in [4.78, 5) is 18.3. The lowest BCUT2D eigenvalue weighted by molar-refractivity contribution is 0.0261. The van der Waals surface area contributed by atoms with Crippen LogP contribution in [0.25, 0.3) is 0 Å². The molecule has 0 spiro atoms. The van der Waals surface area contributed by atoms with Gasteiger partial charge in [-0.3, -0.25) is 4.99 Å². The molecule has 0 radical (unpaired) electrons. The van der Waals surface area contributed by atoms with E-state index >= 15 is 0 Å². The molecule has 2 rings (SSSR count). The molecule has 1 fully saturated rings. The van der Waals surface area contributed by atoms with Crippen LogP contribution in [0.3, 0.4) is 0 Å². The van der Waals surface area contributed by atoms with Gasteiger partial charge >= 0.3 is 6.09 Å². The van der Waals surface area contributed by atoms with Crippen molar-refractivity contribution in [2.24, 2.45) is 10.9 Å². The summed E-state index contributed by atoms with van der Waals surface area (Å²) in [6.45, 7) is 6.76. The summed E-state index contributed by atoms with van der Waals surface area (Å²) >= 11 is 4.35. The zero-order valence-corrected chi connectivity index (χ0v) is 13.6. The van der Waals surface area contributed by atoms with Gasteiger partial charge in [0, 0.05) is 25.2 Å². The Bertz CT molecular complexity index is 528. The number of nitriles is 1. The number of aliphatic imine (C=N–C) groups is 1. The lowest BCUT2D eigenvalue weighted by atomic mass is 9.96. The maximum atomic E-state index is 12.1. The molecule has 2 heterocycles. The van der Waals surface area contributed by atoms with Crippen molar-refractivity contribution in [3.63, 3.8) is 0 Å². The van der Waals surface area contributed by atoms with Crippen LogP contribution in [0.4, 0.5) is 4.79 Å². The van der Waals surface area contributed by atoms with Gasteiger partial charge in [0.05, 0.1) is 12.0 Å². The molecule has 114 valence electrons. The number of hydrogen-bond acceptors (Lipinski definition) is 5. The average molecular weight is 307 g/mol. The predicted octanol–water partition coefficient (Wildman–Crippen LogP) is 2.79. The van der Waals surface area contributed by atoms with E-state index in [9.17, 15) is 4.79 Å². The molecule has 0 aromatic carbocycles. The molecule has 2 aliphatic rings. The molecule has 0 saturated carbocycles. The molecule has 2 unspecified atom stereocenters. The van der Waals surface area contributed by atoms with E-state index < -0.39 is 5.60 Å². The number of amides is 1. The molecule has 6 heteroatoms. The summed E-state index contributed by atoms with van der Waals surface area (Å²) in [5, 5.41) is 8.79. The number of thiol groups is 1. The van der Waals surface area contributed by atoms with Crippen LogP contribution in [-0.2, 0) is 4.74 Å². The molecule has 21 heavy (non-hydrogen) atoms. The zero-order chi connectivity index (χ0) is 15.6. The maximum absolute atomic E-state index is 12.1. The van der Waals surface area contributed by atoms with Crippen molar-refractivity contribution in [3.8, 4) is 6.07 Å². The first-order valence-corrected chi connectivity index (χ1v) is 7.65. The predicted molar refractivity (Wildman–Crippen MR) is 84.4 cm³/mol. The van der Waals surface area contributed by atoms with Crippen molar-refractivity contribution < 1.29 is 9.53 Å². The van der Waals surface area contributed by atoms with Crippen molar-refractivity contribution in [2.75, 3.05) is 13.1 Å². The highest BCUT2D eigenvalue weighted by Crippen LogP contribution is 2.27. The third kappa shape index (κ3) is 4.01. The first kappa shape index (κ1) is 15.9. The molecule has 0 aromatic heterocycles. The zero-order valence-electron chi connectivity index (χ0n) is 12.7. The van der Waals surface area contributed by atoms with Crippen LogP contribution in [0, 0.1) is 17.2 Å². The quantitative estimate of drug-likeness (QED) is 0.700. The number of carbonyl (C=O) groups is 1. The molecule has 2 atom stereocenters. The number of rotatable bonds is 0. The Kier molecular flexibility index (Phi) is 4.62. The van der Waals surface area contributed by atoms with Gasteiger partial charge in [0.15, 0.2) is 0 Å². The maximum Gasteiger partial charge on any atom is 0.410 e. The number of dihydropyridines is 1. The lowest BCUT2D eigenvalue weighted by Crippen LogP contribution is -2.37. The molecule has 5 nitrogen and oxygen atoms in total. The van der Waals surface area contributed by atoms with Gasteiger partial charge in [0.25, 0.3) is 0 Å². The number of fused-ring (bicyclic) bond motifs is 1. The standard InChI is InChI=1S/C15H21N3O2S/c1-15(2,3)20-14(19)18-6-4-10-8-11(9-16)13(21)17-12(10)5-7-18/h8,11,13,21H,4-7H2,1-3H3. The van der Waals surface area contributed by atoms with Gasteiger partial charge in [-0.15, -0.1) is 0 Å². The molecule has 1 amide bonds. The minimum absolute atomic E-state index is 0.290. The van der Waals surface area contributed by atoms with Gasteiger partial charge in [-0.2, -0.15) is 17.9 Å². The second-order valence-electron chi connectivity index (χ2n) is 6.30. The van der Waals surface area contributed by atoms with Crippen molar-refractivity contribution in [3.05, 3.63) is 11.6 Å². The highest BCUT2D eigenvalue weighted by Gasteiger charge is 2.29. The molecular formula is C15H21N3O2S. The first-order chi connectivity index (χ1) is 9.80. The van der Waals surface area contributed by atoms with E-state index in [1.165, 1.54) is 0 Å². The molecule has 0 aliphatic carbocycles. The highest BCUT2D eigenvalue weighted by atomic mass is 32.1. The van der Waals surface area contributed by atoms with Crippen molar-refractivity contribution in [1.82, 2.24) is 4.90 Å². The van der Waals surface area contributed by atoms with Crippen LogP contribution in [0.15, 0.2) is 16.6 Å². The van der Waals surface area contributed by atoms with Gasteiger partial charge in [0.2, 0.25) is 0 Å². The van der Waals surface area contributed by atoms with Crippen LogP contribution >= 0.6 is 12.6 Å². The number of nitrogens with zero attached hydrogens (tertiary/aromatic N) is 3. The average Bonchev–Trinajstić information content (AvgIpc) is 2.57. The van der Waals surface area contributed by atoms with Crippen LogP contribution in [0.2, 0.25) is 0 Å². The van der Waals surface area contributed by atoms with Crippen molar-refractivity contribution >= 4 is 24.4 Å². The minimum atomic E-state index is -0.491. The summed E-state index contributed by atoms with van der Waals surface area (Å²) in [5.74, 6) is -0.292. The number of carbonyl (C=O) groups excluding carboxylic acids is 1. The second-order valence-corrected chi connectivity index (χ2v) is 6.83. The van der Waals surface area contributed by atoms with E-state index in [0.717, 1.165) is 11.3 Å². The Morgan fingerprint density at radius 3 is 2.76 bits per heavy atom. The highest BCUT2D eigenvalue weighted by molar-refractivity contribution is 7.81. The topological polar surface area (TPSA) is 65.7 Å². The van der Waals surface area contributed by atoms with Gasteiger partial charge in [-0.25, -0.2) is 4.79 Å².